The maximum atomic E-state index is 12.6. The second kappa shape index (κ2) is 5.51. The van der Waals surface area contributed by atoms with Crippen LogP contribution in [0.4, 0.5) is 5.69 Å². The maximum Gasteiger partial charge on any atom is 0.262 e. The number of anilines is 1. The SMILES string of the molecule is O=S(=O)(Nc1cc(Cl)ccc1O)c1cccc2ccccc12. The molecule has 2 N–H and O–H groups in total. The monoisotopic (exact) mass is 333 g/mol. The Morgan fingerprint density at radius 3 is 2.50 bits per heavy atom. The average molecular weight is 334 g/mol. The van der Waals surface area contributed by atoms with Gasteiger partial charge in [0, 0.05) is 10.4 Å². The summed E-state index contributed by atoms with van der Waals surface area (Å²) in [4.78, 5) is 0.143. The van der Waals surface area contributed by atoms with E-state index in [0.29, 0.717) is 10.4 Å². The fourth-order valence-electron chi connectivity index (χ4n) is 2.22. The first kappa shape index (κ1) is 14.7. The molecule has 0 bridgehead atoms. The van der Waals surface area contributed by atoms with Crippen molar-refractivity contribution in [3.63, 3.8) is 0 Å². The second-order valence-corrected chi connectivity index (χ2v) is 6.83. The van der Waals surface area contributed by atoms with Crippen LogP contribution in [0, 0.1) is 0 Å². The molecule has 3 aromatic carbocycles. The average Bonchev–Trinajstić information content (AvgIpc) is 2.50. The number of hydrogen-bond donors (Lipinski definition) is 2. The zero-order valence-corrected chi connectivity index (χ0v) is 12.9. The van der Waals surface area contributed by atoms with Gasteiger partial charge >= 0.3 is 0 Å². The van der Waals surface area contributed by atoms with Gasteiger partial charge in [0.15, 0.2) is 0 Å². The topological polar surface area (TPSA) is 66.4 Å². The van der Waals surface area contributed by atoms with Crippen LogP contribution in [0.3, 0.4) is 0 Å². The molecule has 6 heteroatoms. The number of halogens is 1. The molecule has 0 aromatic heterocycles. The molecule has 0 saturated heterocycles. The van der Waals surface area contributed by atoms with Crippen LogP contribution in [0.2, 0.25) is 5.02 Å². The van der Waals surface area contributed by atoms with Crippen molar-refractivity contribution in [3.05, 3.63) is 65.7 Å². The van der Waals surface area contributed by atoms with Gasteiger partial charge in [0.1, 0.15) is 5.75 Å². The highest BCUT2D eigenvalue weighted by molar-refractivity contribution is 7.93. The first-order valence-corrected chi connectivity index (χ1v) is 8.32. The molecule has 0 aliphatic rings. The van der Waals surface area contributed by atoms with E-state index in [-0.39, 0.29) is 16.3 Å². The molecule has 3 rings (SSSR count). The van der Waals surface area contributed by atoms with Crippen LogP contribution < -0.4 is 4.72 Å². The van der Waals surface area contributed by atoms with Crippen LogP contribution in [-0.4, -0.2) is 13.5 Å². The molecule has 0 spiro atoms. The van der Waals surface area contributed by atoms with E-state index in [1.807, 2.05) is 18.2 Å². The number of hydrogen-bond acceptors (Lipinski definition) is 3. The lowest BCUT2D eigenvalue weighted by Crippen LogP contribution is -2.13. The summed E-state index contributed by atoms with van der Waals surface area (Å²) < 4.78 is 27.6. The van der Waals surface area contributed by atoms with Gasteiger partial charge in [-0.3, -0.25) is 4.72 Å². The predicted molar refractivity (Wildman–Crippen MR) is 87.9 cm³/mol. The van der Waals surface area contributed by atoms with E-state index in [0.717, 1.165) is 5.39 Å². The van der Waals surface area contributed by atoms with E-state index in [2.05, 4.69) is 4.72 Å². The molecule has 0 saturated carbocycles. The molecular weight excluding hydrogens is 322 g/mol. The van der Waals surface area contributed by atoms with Crippen LogP contribution in [0.25, 0.3) is 10.8 Å². The van der Waals surface area contributed by atoms with E-state index in [1.54, 1.807) is 18.2 Å². The third kappa shape index (κ3) is 2.73. The fourth-order valence-corrected chi connectivity index (χ4v) is 3.69. The Morgan fingerprint density at radius 2 is 1.68 bits per heavy atom. The van der Waals surface area contributed by atoms with Crippen molar-refractivity contribution in [1.29, 1.82) is 0 Å². The normalized spacial score (nSPS) is 11.5. The largest absolute Gasteiger partial charge is 0.506 e. The van der Waals surface area contributed by atoms with Gasteiger partial charge in [-0.15, -0.1) is 0 Å². The van der Waals surface area contributed by atoms with Gasteiger partial charge in [0.05, 0.1) is 10.6 Å². The molecule has 0 amide bonds. The summed E-state index contributed by atoms with van der Waals surface area (Å²) >= 11 is 5.84. The third-order valence-electron chi connectivity index (χ3n) is 3.24. The van der Waals surface area contributed by atoms with Crippen molar-refractivity contribution < 1.29 is 13.5 Å². The Labute approximate surface area is 133 Å². The molecule has 0 aliphatic heterocycles. The molecular formula is C16H12ClNO3S. The summed E-state index contributed by atoms with van der Waals surface area (Å²) in [7, 11) is -3.85. The van der Waals surface area contributed by atoms with E-state index < -0.39 is 10.0 Å². The van der Waals surface area contributed by atoms with Gasteiger partial charge in [0.2, 0.25) is 0 Å². The number of aromatic hydroxyl groups is 1. The molecule has 0 atom stereocenters. The van der Waals surface area contributed by atoms with Crippen LogP contribution in [0.5, 0.6) is 5.75 Å². The summed E-state index contributed by atoms with van der Waals surface area (Å²) in [6.45, 7) is 0. The minimum Gasteiger partial charge on any atom is -0.506 e. The highest BCUT2D eigenvalue weighted by Crippen LogP contribution is 2.30. The summed E-state index contributed by atoms with van der Waals surface area (Å²) in [6, 6.07) is 16.4. The highest BCUT2D eigenvalue weighted by atomic mass is 35.5. The highest BCUT2D eigenvalue weighted by Gasteiger charge is 2.18. The number of rotatable bonds is 3. The van der Waals surface area contributed by atoms with Crippen molar-refractivity contribution in [2.75, 3.05) is 4.72 Å². The van der Waals surface area contributed by atoms with Crippen molar-refractivity contribution >= 4 is 38.1 Å². The Kier molecular flexibility index (Phi) is 3.68. The van der Waals surface area contributed by atoms with Crippen LogP contribution in [-0.2, 0) is 10.0 Å². The van der Waals surface area contributed by atoms with Crippen LogP contribution in [0.1, 0.15) is 0 Å². The van der Waals surface area contributed by atoms with E-state index in [4.69, 9.17) is 11.6 Å². The maximum absolute atomic E-state index is 12.6. The molecule has 0 fully saturated rings. The van der Waals surface area contributed by atoms with Crippen molar-refractivity contribution in [3.8, 4) is 5.75 Å². The zero-order valence-electron chi connectivity index (χ0n) is 11.3. The Balaban J connectivity index is 2.11. The lowest BCUT2D eigenvalue weighted by atomic mass is 10.1. The predicted octanol–water partition coefficient (Wildman–Crippen LogP) is 4.00. The van der Waals surface area contributed by atoms with Gasteiger partial charge < -0.3 is 5.11 Å². The quantitative estimate of drug-likeness (QED) is 0.712. The minimum absolute atomic E-state index is 0.0421. The Morgan fingerprint density at radius 1 is 0.955 bits per heavy atom. The molecule has 4 nitrogen and oxygen atoms in total. The van der Waals surface area contributed by atoms with Gasteiger partial charge in [-0.2, -0.15) is 0 Å². The Bertz CT molecular complexity index is 949. The van der Waals surface area contributed by atoms with Crippen molar-refractivity contribution in [2.45, 2.75) is 4.90 Å². The molecule has 0 radical (unpaired) electrons. The first-order valence-electron chi connectivity index (χ1n) is 6.46. The number of nitrogens with one attached hydrogen (secondary N) is 1. The standard InChI is InChI=1S/C16H12ClNO3S/c17-12-8-9-15(19)14(10-12)18-22(20,21)16-7-3-5-11-4-1-2-6-13(11)16/h1-10,18-19H. The van der Waals surface area contributed by atoms with E-state index in [1.165, 1.54) is 24.3 Å². The number of benzene rings is 3. The van der Waals surface area contributed by atoms with Gasteiger partial charge in [-0.05, 0) is 29.7 Å². The summed E-state index contributed by atoms with van der Waals surface area (Å²) in [5.74, 6) is -0.187. The number of phenols is 1. The summed E-state index contributed by atoms with van der Waals surface area (Å²) in [6.07, 6.45) is 0. The van der Waals surface area contributed by atoms with Crippen molar-refractivity contribution in [1.82, 2.24) is 0 Å². The number of phenolic OH excluding ortho intramolecular Hbond substituents is 1. The number of fused-ring (bicyclic) bond motifs is 1. The van der Waals surface area contributed by atoms with E-state index >= 15 is 0 Å². The summed E-state index contributed by atoms with van der Waals surface area (Å²) in [5, 5.41) is 11.5. The fraction of sp³-hybridized carbons (Fsp3) is 0. The van der Waals surface area contributed by atoms with Crippen molar-refractivity contribution in [2.24, 2.45) is 0 Å². The third-order valence-corrected chi connectivity index (χ3v) is 4.90. The summed E-state index contributed by atoms with van der Waals surface area (Å²) in [5.41, 5.74) is 0.0421. The second-order valence-electron chi connectivity index (χ2n) is 4.74. The molecule has 112 valence electrons. The molecule has 22 heavy (non-hydrogen) atoms. The van der Waals surface area contributed by atoms with Gasteiger partial charge in [-0.25, -0.2) is 8.42 Å². The minimum atomic E-state index is -3.85. The Hall–Kier alpha value is -2.24. The lowest BCUT2D eigenvalue weighted by Gasteiger charge is -2.12. The van der Waals surface area contributed by atoms with Gasteiger partial charge in [-0.1, -0.05) is 48.0 Å². The van der Waals surface area contributed by atoms with Crippen LogP contribution >= 0.6 is 11.6 Å². The smallest absolute Gasteiger partial charge is 0.262 e. The first-order chi connectivity index (χ1) is 10.5. The van der Waals surface area contributed by atoms with Crippen LogP contribution in [0.15, 0.2) is 65.6 Å². The molecule has 3 aromatic rings. The molecule has 0 aliphatic carbocycles. The molecule has 0 heterocycles. The van der Waals surface area contributed by atoms with Gasteiger partial charge in [0.25, 0.3) is 10.0 Å². The zero-order chi connectivity index (χ0) is 15.7. The van der Waals surface area contributed by atoms with E-state index in [9.17, 15) is 13.5 Å². The lowest BCUT2D eigenvalue weighted by molar-refractivity contribution is 0.477. The number of sulfonamides is 1. The molecule has 0 unspecified atom stereocenters.